The van der Waals surface area contributed by atoms with Crippen molar-refractivity contribution < 1.29 is 4.52 Å². The highest BCUT2D eigenvalue weighted by atomic mass is 16.5. The highest BCUT2D eigenvalue weighted by molar-refractivity contribution is 4.97. The van der Waals surface area contributed by atoms with Gasteiger partial charge in [0.2, 0.25) is 5.89 Å². The smallest absolute Gasteiger partial charge is 0.227 e. The van der Waals surface area contributed by atoms with Crippen LogP contribution in [0.5, 0.6) is 0 Å². The third-order valence-corrected chi connectivity index (χ3v) is 2.78. The topological polar surface area (TPSA) is 63.0 Å². The zero-order chi connectivity index (χ0) is 10.5. The Morgan fingerprint density at radius 2 is 2.27 bits per heavy atom. The molecule has 1 saturated heterocycles. The van der Waals surface area contributed by atoms with Gasteiger partial charge in [0.1, 0.15) is 0 Å². The third-order valence-electron chi connectivity index (χ3n) is 2.78. The van der Waals surface area contributed by atoms with Crippen LogP contribution in [0.2, 0.25) is 0 Å². The van der Waals surface area contributed by atoms with E-state index in [1.54, 1.807) is 0 Å². The Morgan fingerprint density at radius 3 is 3.00 bits per heavy atom. The number of likely N-dealkylation sites (N-methyl/N-ethyl adjacent to an activating group) is 1. The summed E-state index contributed by atoms with van der Waals surface area (Å²) in [5.74, 6) is 2.12. The van der Waals surface area contributed by atoms with Gasteiger partial charge in [-0.1, -0.05) is 5.16 Å². The van der Waals surface area contributed by atoms with Crippen LogP contribution in [-0.2, 0) is 6.42 Å². The summed E-state index contributed by atoms with van der Waals surface area (Å²) in [5.41, 5.74) is 0. The molecule has 0 aromatic carbocycles. The van der Waals surface area contributed by atoms with Gasteiger partial charge in [0.25, 0.3) is 0 Å². The maximum Gasteiger partial charge on any atom is 0.227 e. The van der Waals surface area contributed by atoms with Crippen molar-refractivity contribution in [1.82, 2.24) is 20.8 Å². The quantitative estimate of drug-likeness (QED) is 0.748. The normalized spacial score (nSPS) is 18.2. The lowest BCUT2D eigenvalue weighted by atomic mass is 9.98. The Bertz CT molecular complexity index is 293. The molecule has 1 aliphatic heterocycles. The van der Waals surface area contributed by atoms with E-state index in [0.29, 0.717) is 5.92 Å². The van der Waals surface area contributed by atoms with Gasteiger partial charge in [-0.25, -0.2) is 0 Å². The van der Waals surface area contributed by atoms with Gasteiger partial charge in [-0.3, -0.25) is 0 Å². The van der Waals surface area contributed by atoms with E-state index in [1.165, 1.54) is 0 Å². The number of hydrogen-bond acceptors (Lipinski definition) is 5. The van der Waals surface area contributed by atoms with E-state index in [4.69, 9.17) is 4.52 Å². The van der Waals surface area contributed by atoms with Crippen molar-refractivity contribution in [3.05, 3.63) is 11.7 Å². The van der Waals surface area contributed by atoms with Crippen LogP contribution in [0.15, 0.2) is 4.52 Å². The summed E-state index contributed by atoms with van der Waals surface area (Å²) in [4.78, 5) is 4.43. The molecule has 0 saturated carbocycles. The van der Waals surface area contributed by atoms with Crippen LogP contribution < -0.4 is 10.6 Å². The van der Waals surface area contributed by atoms with Crippen LogP contribution in [0.4, 0.5) is 0 Å². The van der Waals surface area contributed by atoms with Crippen LogP contribution in [0, 0.1) is 0 Å². The predicted molar refractivity (Wildman–Crippen MR) is 56.8 cm³/mol. The molecule has 5 nitrogen and oxygen atoms in total. The molecule has 84 valence electrons. The van der Waals surface area contributed by atoms with E-state index in [2.05, 4.69) is 20.8 Å². The van der Waals surface area contributed by atoms with E-state index in [0.717, 1.165) is 50.6 Å². The molecular weight excluding hydrogens is 192 g/mol. The highest BCUT2D eigenvalue weighted by Crippen LogP contribution is 2.22. The molecule has 1 aromatic rings. The molecule has 0 spiro atoms. The van der Waals surface area contributed by atoms with Crippen LogP contribution >= 0.6 is 0 Å². The second-order valence-corrected chi connectivity index (χ2v) is 3.92. The van der Waals surface area contributed by atoms with Crippen LogP contribution in [0.1, 0.15) is 30.5 Å². The van der Waals surface area contributed by atoms with Gasteiger partial charge in [0, 0.05) is 18.9 Å². The third kappa shape index (κ3) is 2.76. The Morgan fingerprint density at radius 1 is 1.47 bits per heavy atom. The molecule has 0 amide bonds. The Hall–Kier alpha value is -0.940. The van der Waals surface area contributed by atoms with Crippen molar-refractivity contribution in [3.63, 3.8) is 0 Å². The lowest BCUT2D eigenvalue weighted by molar-refractivity contribution is 0.360. The van der Waals surface area contributed by atoms with Gasteiger partial charge in [0.05, 0.1) is 0 Å². The molecule has 0 atom stereocenters. The summed E-state index contributed by atoms with van der Waals surface area (Å²) >= 11 is 0. The zero-order valence-corrected chi connectivity index (χ0v) is 9.12. The second kappa shape index (κ2) is 5.23. The van der Waals surface area contributed by atoms with Crippen molar-refractivity contribution in [3.8, 4) is 0 Å². The van der Waals surface area contributed by atoms with Crippen molar-refractivity contribution in [2.24, 2.45) is 0 Å². The van der Waals surface area contributed by atoms with E-state index >= 15 is 0 Å². The summed E-state index contributed by atoms with van der Waals surface area (Å²) in [7, 11) is 1.92. The molecule has 0 unspecified atom stereocenters. The Labute approximate surface area is 89.6 Å². The molecule has 0 radical (unpaired) electrons. The van der Waals surface area contributed by atoms with Crippen molar-refractivity contribution in [2.45, 2.75) is 25.2 Å². The maximum atomic E-state index is 5.20. The van der Waals surface area contributed by atoms with Crippen LogP contribution in [0.25, 0.3) is 0 Å². The minimum Gasteiger partial charge on any atom is -0.339 e. The summed E-state index contributed by atoms with van der Waals surface area (Å²) in [6.45, 7) is 3.00. The molecule has 2 N–H and O–H groups in total. The van der Waals surface area contributed by atoms with Crippen LogP contribution in [-0.4, -0.2) is 36.8 Å². The number of aromatic nitrogens is 2. The van der Waals surface area contributed by atoms with Gasteiger partial charge in [-0.15, -0.1) is 0 Å². The second-order valence-electron chi connectivity index (χ2n) is 3.92. The average Bonchev–Trinajstić information content (AvgIpc) is 2.76. The number of hydrogen-bond donors (Lipinski definition) is 2. The summed E-state index contributed by atoms with van der Waals surface area (Å²) in [6.07, 6.45) is 3.05. The lowest BCUT2D eigenvalue weighted by Crippen LogP contribution is -2.27. The molecule has 5 heteroatoms. The van der Waals surface area contributed by atoms with Crippen molar-refractivity contribution in [2.75, 3.05) is 26.7 Å². The molecule has 2 rings (SSSR count). The first-order valence-electron chi connectivity index (χ1n) is 5.58. The molecule has 0 aliphatic carbocycles. The first-order chi connectivity index (χ1) is 7.40. The number of nitrogens with one attached hydrogen (secondary N) is 2. The molecule has 2 heterocycles. The van der Waals surface area contributed by atoms with E-state index in [1.807, 2.05) is 7.05 Å². The van der Waals surface area contributed by atoms with Gasteiger partial charge >= 0.3 is 0 Å². The van der Waals surface area contributed by atoms with Gasteiger partial charge in [-0.05, 0) is 33.0 Å². The van der Waals surface area contributed by atoms with Crippen molar-refractivity contribution >= 4 is 0 Å². The number of rotatable bonds is 4. The van der Waals surface area contributed by atoms with E-state index < -0.39 is 0 Å². The maximum absolute atomic E-state index is 5.20. The molecule has 1 fully saturated rings. The predicted octanol–water partition coefficient (Wildman–Crippen LogP) is 0.298. The Balaban J connectivity index is 1.93. The van der Waals surface area contributed by atoms with Gasteiger partial charge < -0.3 is 15.2 Å². The lowest BCUT2D eigenvalue weighted by Gasteiger charge is -2.18. The standard InChI is InChI=1S/C10H18N4O/c1-11-5-4-9-13-10(14-15-9)8-2-6-12-7-3-8/h8,11-12H,2-7H2,1H3. The summed E-state index contributed by atoms with van der Waals surface area (Å²) in [5, 5.41) is 10.4. The fraction of sp³-hybridized carbons (Fsp3) is 0.800. The van der Waals surface area contributed by atoms with Crippen LogP contribution in [0.3, 0.4) is 0 Å². The van der Waals surface area contributed by atoms with Gasteiger partial charge in [0.15, 0.2) is 5.82 Å². The van der Waals surface area contributed by atoms with Crippen molar-refractivity contribution in [1.29, 1.82) is 0 Å². The number of piperidine rings is 1. The minimum absolute atomic E-state index is 0.485. The van der Waals surface area contributed by atoms with E-state index in [-0.39, 0.29) is 0 Å². The largest absolute Gasteiger partial charge is 0.339 e. The minimum atomic E-state index is 0.485. The van der Waals surface area contributed by atoms with Gasteiger partial charge in [-0.2, -0.15) is 4.98 Å². The Kier molecular flexibility index (Phi) is 3.69. The monoisotopic (exact) mass is 210 g/mol. The summed E-state index contributed by atoms with van der Waals surface area (Å²) < 4.78 is 5.20. The zero-order valence-electron chi connectivity index (χ0n) is 9.12. The molecule has 15 heavy (non-hydrogen) atoms. The molecule has 1 aromatic heterocycles. The molecule has 0 bridgehead atoms. The molecule has 1 aliphatic rings. The van der Waals surface area contributed by atoms with E-state index in [9.17, 15) is 0 Å². The fourth-order valence-corrected chi connectivity index (χ4v) is 1.85. The SMILES string of the molecule is CNCCc1nc(C2CCNCC2)no1. The number of nitrogens with zero attached hydrogens (tertiary/aromatic N) is 2. The first-order valence-corrected chi connectivity index (χ1v) is 5.58. The average molecular weight is 210 g/mol. The molecular formula is C10H18N4O. The fourth-order valence-electron chi connectivity index (χ4n) is 1.85. The first kappa shape index (κ1) is 10.6. The highest BCUT2D eigenvalue weighted by Gasteiger charge is 2.20. The summed E-state index contributed by atoms with van der Waals surface area (Å²) in [6, 6.07) is 0.